The van der Waals surface area contributed by atoms with Gasteiger partial charge in [-0.1, -0.05) is 23.7 Å². The van der Waals surface area contributed by atoms with Crippen molar-refractivity contribution in [2.75, 3.05) is 14.2 Å². The average Bonchev–Trinajstić information content (AvgIpc) is 3.13. The lowest BCUT2D eigenvalue weighted by atomic mass is 10.1. The Labute approximate surface area is 156 Å². The topological polar surface area (TPSA) is 60.7 Å². The number of hydrogen-bond donors (Lipinski definition) is 1. The van der Waals surface area contributed by atoms with Crippen LogP contribution < -0.4 is 14.8 Å². The molecule has 1 aromatic heterocycles. The highest BCUT2D eigenvalue weighted by Gasteiger charge is 2.17. The summed E-state index contributed by atoms with van der Waals surface area (Å²) in [4.78, 5) is 11.6. The second kappa shape index (κ2) is 7.97. The summed E-state index contributed by atoms with van der Waals surface area (Å²) in [5.41, 5.74) is 2.27. The first-order valence-corrected chi connectivity index (χ1v) is 8.35. The Morgan fingerprint density at radius 1 is 1.23 bits per heavy atom. The molecule has 0 saturated carbocycles. The summed E-state index contributed by atoms with van der Waals surface area (Å²) >= 11 is 5.92. The predicted octanol–water partition coefficient (Wildman–Crippen LogP) is 4.43. The van der Waals surface area contributed by atoms with Crippen LogP contribution in [0.15, 0.2) is 53.2 Å². The van der Waals surface area contributed by atoms with Gasteiger partial charge < -0.3 is 19.2 Å². The molecule has 1 N–H and O–H groups in total. The summed E-state index contributed by atoms with van der Waals surface area (Å²) in [7, 11) is 3.13. The average molecular weight is 372 g/mol. The standard InChI is InChI=1S/C20H18ClNO4/c1-22-17(23)8-5-14-11-15-9-10-25-18(15)20(24-2)19(14)26-12-13-3-6-16(21)7-4-13/h3-11H,12H2,1-2H3,(H,22,23)/b8-5+. The number of halogens is 1. The lowest BCUT2D eigenvalue weighted by Gasteiger charge is -2.14. The van der Waals surface area contributed by atoms with Crippen molar-refractivity contribution in [2.45, 2.75) is 6.61 Å². The molecule has 0 aliphatic heterocycles. The van der Waals surface area contributed by atoms with Gasteiger partial charge in [0.15, 0.2) is 11.3 Å². The normalized spacial score (nSPS) is 11.0. The summed E-state index contributed by atoms with van der Waals surface area (Å²) < 4.78 is 17.1. The van der Waals surface area contributed by atoms with E-state index in [2.05, 4.69) is 5.32 Å². The summed E-state index contributed by atoms with van der Waals surface area (Å²) in [6.07, 6.45) is 4.71. The van der Waals surface area contributed by atoms with Crippen LogP contribution in [0.1, 0.15) is 11.1 Å². The number of likely N-dealkylation sites (N-methyl/N-ethyl adjacent to an activating group) is 1. The largest absolute Gasteiger partial charge is 0.490 e. The number of fused-ring (bicyclic) bond motifs is 1. The van der Waals surface area contributed by atoms with Gasteiger partial charge in [-0.2, -0.15) is 0 Å². The van der Waals surface area contributed by atoms with Gasteiger partial charge in [0, 0.05) is 29.1 Å². The van der Waals surface area contributed by atoms with Crippen molar-refractivity contribution in [3.63, 3.8) is 0 Å². The molecular formula is C20H18ClNO4. The molecule has 5 nitrogen and oxygen atoms in total. The lowest BCUT2D eigenvalue weighted by molar-refractivity contribution is -0.115. The number of carbonyl (C=O) groups excluding carboxylic acids is 1. The molecular weight excluding hydrogens is 354 g/mol. The van der Waals surface area contributed by atoms with Gasteiger partial charge >= 0.3 is 0 Å². The van der Waals surface area contributed by atoms with E-state index in [-0.39, 0.29) is 5.91 Å². The molecule has 3 rings (SSSR count). The minimum absolute atomic E-state index is 0.208. The molecule has 0 aliphatic carbocycles. The fourth-order valence-electron chi connectivity index (χ4n) is 2.53. The van der Waals surface area contributed by atoms with Crippen LogP contribution >= 0.6 is 11.6 Å². The fourth-order valence-corrected chi connectivity index (χ4v) is 2.65. The van der Waals surface area contributed by atoms with E-state index in [0.29, 0.717) is 34.3 Å². The Bertz CT molecular complexity index is 944. The van der Waals surface area contributed by atoms with E-state index in [1.165, 1.54) is 6.08 Å². The lowest BCUT2D eigenvalue weighted by Crippen LogP contribution is -2.13. The smallest absolute Gasteiger partial charge is 0.243 e. The third-order valence-corrected chi connectivity index (χ3v) is 4.09. The van der Waals surface area contributed by atoms with Crippen molar-refractivity contribution >= 4 is 34.6 Å². The zero-order valence-corrected chi connectivity index (χ0v) is 15.2. The zero-order chi connectivity index (χ0) is 18.5. The highest BCUT2D eigenvalue weighted by atomic mass is 35.5. The number of rotatable bonds is 6. The van der Waals surface area contributed by atoms with Crippen LogP contribution in [0.5, 0.6) is 11.5 Å². The van der Waals surface area contributed by atoms with Crippen molar-refractivity contribution in [2.24, 2.45) is 0 Å². The second-order valence-electron chi connectivity index (χ2n) is 5.53. The Morgan fingerprint density at radius 3 is 2.69 bits per heavy atom. The Morgan fingerprint density at radius 2 is 2.00 bits per heavy atom. The minimum Gasteiger partial charge on any atom is -0.490 e. The van der Waals surface area contributed by atoms with E-state index >= 15 is 0 Å². The van der Waals surface area contributed by atoms with E-state index in [1.807, 2.05) is 24.3 Å². The fraction of sp³-hybridized carbons (Fsp3) is 0.150. The van der Waals surface area contributed by atoms with Crippen LogP contribution in [0, 0.1) is 0 Å². The number of furan rings is 1. The minimum atomic E-state index is -0.208. The van der Waals surface area contributed by atoms with Gasteiger partial charge in [0.1, 0.15) is 6.61 Å². The quantitative estimate of drug-likeness (QED) is 0.651. The van der Waals surface area contributed by atoms with Crippen molar-refractivity contribution in [3.8, 4) is 11.5 Å². The zero-order valence-electron chi connectivity index (χ0n) is 14.4. The summed E-state index contributed by atoms with van der Waals surface area (Å²) in [6.45, 7) is 0.320. The third-order valence-electron chi connectivity index (χ3n) is 3.84. The third kappa shape index (κ3) is 3.83. The number of ether oxygens (including phenoxy) is 2. The molecule has 0 fully saturated rings. The molecule has 26 heavy (non-hydrogen) atoms. The number of methoxy groups -OCH3 is 1. The van der Waals surface area contributed by atoms with E-state index in [1.54, 1.807) is 38.6 Å². The van der Waals surface area contributed by atoms with Gasteiger partial charge in [-0.25, -0.2) is 0 Å². The molecule has 0 atom stereocenters. The molecule has 134 valence electrons. The molecule has 6 heteroatoms. The molecule has 0 aliphatic rings. The number of hydrogen-bond acceptors (Lipinski definition) is 4. The molecule has 0 bridgehead atoms. The Balaban J connectivity index is 2.00. The first-order valence-electron chi connectivity index (χ1n) is 7.97. The van der Waals surface area contributed by atoms with E-state index < -0.39 is 0 Å². The van der Waals surface area contributed by atoms with Crippen LogP contribution in [-0.4, -0.2) is 20.1 Å². The predicted molar refractivity (Wildman–Crippen MR) is 102 cm³/mol. The van der Waals surface area contributed by atoms with Gasteiger partial charge in [0.25, 0.3) is 0 Å². The van der Waals surface area contributed by atoms with Crippen molar-refractivity contribution in [3.05, 3.63) is 64.9 Å². The van der Waals surface area contributed by atoms with Crippen LogP contribution in [0.2, 0.25) is 5.02 Å². The van der Waals surface area contributed by atoms with E-state index in [9.17, 15) is 4.79 Å². The Hall–Kier alpha value is -2.92. The van der Waals surface area contributed by atoms with Crippen molar-refractivity contribution < 1.29 is 18.7 Å². The molecule has 3 aromatic rings. The number of benzene rings is 2. The molecule has 0 spiro atoms. The second-order valence-corrected chi connectivity index (χ2v) is 5.97. The maximum Gasteiger partial charge on any atom is 0.243 e. The summed E-state index contributed by atoms with van der Waals surface area (Å²) in [5.74, 6) is 0.781. The monoisotopic (exact) mass is 371 g/mol. The van der Waals surface area contributed by atoms with Gasteiger partial charge in [-0.05, 0) is 35.9 Å². The van der Waals surface area contributed by atoms with Crippen LogP contribution in [-0.2, 0) is 11.4 Å². The van der Waals surface area contributed by atoms with Crippen molar-refractivity contribution in [1.82, 2.24) is 5.32 Å². The van der Waals surface area contributed by atoms with Crippen LogP contribution in [0.3, 0.4) is 0 Å². The van der Waals surface area contributed by atoms with E-state index in [0.717, 1.165) is 10.9 Å². The van der Waals surface area contributed by atoms with Crippen LogP contribution in [0.4, 0.5) is 0 Å². The maximum absolute atomic E-state index is 11.6. The number of nitrogens with one attached hydrogen (secondary N) is 1. The number of amides is 1. The molecule has 0 saturated heterocycles. The summed E-state index contributed by atoms with van der Waals surface area (Å²) in [5, 5.41) is 4.07. The van der Waals surface area contributed by atoms with Gasteiger partial charge in [-0.3, -0.25) is 4.79 Å². The van der Waals surface area contributed by atoms with Gasteiger partial charge in [0.2, 0.25) is 11.7 Å². The highest BCUT2D eigenvalue weighted by Crippen LogP contribution is 2.40. The highest BCUT2D eigenvalue weighted by molar-refractivity contribution is 6.30. The number of carbonyl (C=O) groups is 1. The van der Waals surface area contributed by atoms with Crippen molar-refractivity contribution in [1.29, 1.82) is 0 Å². The molecule has 0 radical (unpaired) electrons. The Kier molecular flexibility index (Phi) is 5.49. The SMILES string of the molecule is CNC(=O)/C=C/c1cc2ccoc2c(OC)c1OCc1ccc(Cl)cc1. The molecule has 0 unspecified atom stereocenters. The van der Waals surface area contributed by atoms with Gasteiger partial charge in [-0.15, -0.1) is 0 Å². The molecule has 1 amide bonds. The molecule has 2 aromatic carbocycles. The first-order chi connectivity index (χ1) is 12.6. The maximum atomic E-state index is 11.6. The first kappa shape index (κ1) is 17.9. The summed E-state index contributed by atoms with van der Waals surface area (Å²) in [6, 6.07) is 11.1. The van der Waals surface area contributed by atoms with Gasteiger partial charge in [0.05, 0.1) is 13.4 Å². The van der Waals surface area contributed by atoms with E-state index in [4.69, 9.17) is 25.5 Å². The van der Waals surface area contributed by atoms with Crippen LogP contribution in [0.25, 0.3) is 17.0 Å². The molecule has 1 heterocycles.